The number of rotatable bonds is 5. The molecule has 3 aromatic rings. The van der Waals surface area contributed by atoms with E-state index in [1.54, 1.807) is 33.7 Å². The van der Waals surface area contributed by atoms with Gasteiger partial charge in [-0.2, -0.15) is 0 Å². The fourth-order valence-corrected chi connectivity index (χ4v) is 4.43. The fraction of sp³-hybridized carbons (Fsp3) is 0.318. The van der Waals surface area contributed by atoms with Crippen LogP contribution in [0.4, 0.5) is 8.78 Å². The summed E-state index contributed by atoms with van der Waals surface area (Å²) in [6.45, 7) is 5.00. The molecule has 0 bridgehead atoms. The number of benzene rings is 2. The lowest BCUT2D eigenvalue weighted by Crippen LogP contribution is -2.48. The minimum Gasteiger partial charge on any atom is -0.372 e. The van der Waals surface area contributed by atoms with Crippen LogP contribution in [-0.2, 0) is 9.53 Å². The third kappa shape index (κ3) is 4.94. The molecule has 1 saturated heterocycles. The fourth-order valence-electron chi connectivity index (χ4n) is 3.57. The number of thioether (sulfide) groups is 1. The smallest absolute Gasteiger partial charge is 0.233 e. The molecule has 1 aliphatic rings. The van der Waals surface area contributed by atoms with E-state index in [1.165, 1.54) is 36.0 Å². The number of amides is 1. The maximum atomic E-state index is 13.5. The lowest BCUT2D eigenvalue weighted by molar-refractivity contribution is -0.140. The number of morpholine rings is 1. The molecule has 4 rings (SSSR count). The van der Waals surface area contributed by atoms with Gasteiger partial charge in [-0.05, 0) is 62.4 Å². The van der Waals surface area contributed by atoms with Crippen LogP contribution < -0.4 is 0 Å². The quantitative estimate of drug-likeness (QED) is 0.558. The number of aromatic nitrogens is 3. The van der Waals surface area contributed by atoms with E-state index in [0.717, 1.165) is 0 Å². The van der Waals surface area contributed by atoms with Gasteiger partial charge in [0, 0.05) is 24.3 Å². The molecule has 162 valence electrons. The van der Waals surface area contributed by atoms with E-state index >= 15 is 0 Å². The molecule has 1 aromatic heterocycles. The van der Waals surface area contributed by atoms with Crippen molar-refractivity contribution in [2.24, 2.45) is 0 Å². The Balaban J connectivity index is 1.60. The van der Waals surface area contributed by atoms with Crippen LogP contribution >= 0.6 is 11.8 Å². The average molecular weight is 445 g/mol. The van der Waals surface area contributed by atoms with Crippen LogP contribution in [-0.4, -0.2) is 56.6 Å². The highest BCUT2D eigenvalue weighted by molar-refractivity contribution is 7.99. The second-order valence-electron chi connectivity index (χ2n) is 7.47. The van der Waals surface area contributed by atoms with Crippen LogP contribution in [0.5, 0.6) is 0 Å². The van der Waals surface area contributed by atoms with E-state index in [4.69, 9.17) is 4.74 Å². The first kappa shape index (κ1) is 21.5. The summed E-state index contributed by atoms with van der Waals surface area (Å²) in [6.07, 6.45) is -0.0173. The molecule has 1 aliphatic heterocycles. The van der Waals surface area contributed by atoms with Gasteiger partial charge in [0.15, 0.2) is 11.0 Å². The monoisotopic (exact) mass is 444 g/mol. The summed E-state index contributed by atoms with van der Waals surface area (Å²) < 4.78 is 34.3. The van der Waals surface area contributed by atoms with E-state index in [2.05, 4.69) is 10.2 Å². The standard InChI is InChI=1S/C22H22F2N4O2S/c1-14-11-27(12-15(2)30-14)20(29)13-31-22-26-25-21(16-3-5-17(23)6-4-16)28(22)19-9-7-18(24)8-10-19/h3-10,14-15H,11-13H2,1-2H3/t14-,15-/m0/s1. The Morgan fingerprint density at radius 1 is 1.00 bits per heavy atom. The van der Waals surface area contributed by atoms with Gasteiger partial charge in [-0.3, -0.25) is 9.36 Å². The molecular formula is C22H22F2N4O2S. The van der Waals surface area contributed by atoms with E-state index < -0.39 is 0 Å². The van der Waals surface area contributed by atoms with Crippen molar-refractivity contribution in [3.05, 3.63) is 60.2 Å². The Kier molecular flexibility index (Phi) is 6.33. The van der Waals surface area contributed by atoms with Crippen molar-refractivity contribution >= 4 is 17.7 Å². The second-order valence-corrected chi connectivity index (χ2v) is 8.41. The van der Waals surface area contributed by atoms with E-state index in [-0.39, 0.29) is 35.5 Å². The molecule has 9 heteroatoms. The van der Waals surface area contributed by atoms with Gasteiger partial charge in [0.2, 0.25) is 5.91 Å². The molecule has 6 nitrogen and oxygen atoms in total. The average Bonchev–Trinajstić information content (AvgIpc) is 3.16. The lowest BCUT2D eigenvalue weighted by atomic mass is 10.2. The summed E-state index contributed by atoms with van der Waals surface area (Å²) in [5.41, 5.74) is 1.31. The van der Waals surface area contributed by atoms with E-state index in [1.807, 2.05) is 13.8 Å². The van der Waals surface area contributed by atoms with Crippen molar-refractivity contribution in [2.45, 2.75) is 31.2 Å². The number of hydrogen-bond acceptors (Lipinski definition) is 5. The molecule has 1 fully saturated rings. The molecule has 0 saturated carbocycles. The summed E-state index contributed by atoms with van der Waals surface area (Å²) in [7, 11) is 0. The summed E-state index contributed by atoms with van der Waals surface area (Å²) in [6, 6.07) is 11.8. The normalized spacial score (nSPS) is 18.9. The zero-order valence-electron chi connectivity index (χ0n) is 17.2. The highest BCUT2D eigenvalue weighted by Crippen LogP contribution is 2.28. The van der Waals surface area contributed by atoms with Gasteiger partial charge in [-0.15, -0.1) is 10.2 Å². The Hall–Kier alpha value is -2.78. The first-order valence-electron chi connectivity index (χ1n) is 9.94. The molecule has 0 spiro atoms. The van der Waals surface area contributed by atoms with Gasteiger partial charge in [-0.25, -0.2) is 8.78 Å². The number of halogens is 2. The first-order chi connectivity index (χ1) is 14.9. The number of carbonyl (C=O) groups excluding carboxylic acids is 1. The molecule has 0 aliphatic carbocycles. The van der Waals surface area contributed by atoms with Gasteiger partial charge < -0.3 is 9.64 Å². The molecule has 2 atom stereocenters. The molecule has 0 unspecified atom stereocenters. The minimum absolute atomic E-state index is 0.00866. The predicted octanol–water partition coefficient (Wildman–Crippen LogP) is 3.94. The van der Waals surface area contributed by atoms with Crippen LogP contribution in [0.3, 0.4) is 0 Å². The van der Waals surface area contributed by atoms with Gasteiger partial charge in [0.1, 0.15) is 11.6 Å². The van der Waals surface area contributed by atoms with Crippen LogP contribution in [0, 0.1) is 11.6 Å². The highest BCUT2D eigenvalue weighted by Gasteiger charge is 2.26. The van der Waals surface area contributed by atoms with Crippen LogP contribution in [0.25, 0.3) is 17.1 Å². The maximum Gasteiger partial charge on any atom is 0.233 e. The van der Waals surface area contributed by atoms with Gasteiger partial charge in [0.25, 0.3) is 0 Å². The number of nitrogens with zero attached hydrogens (tertiary/aromatic N) is 4. The number of ether oxygens (including phenoxy) is 1. The second kappa shape index (κ2) is 9.15. The molecule has 2 aromatic carbocycles. The summed E-state index contributed by atoms with van der Waals surface area (Å²) >= 11 is 1.26. The zero-order valence-corrected chi connectivity index (χ0v) is 18.0. The van der Waals surface area contributed by atoms with Gasteiger partial charge in [-0.1, -0.05) is 11.8 Å². The molecule has 31 heavy (non-hydrogen) atoms. The first-order valence-corrected chi connectivity index (χ1v) is 10.9. The maximum absolute atomic E-state index is 13.5. The van der Waals surface area contributed by atoms with Crippen molar-refractivity contribution in [2.75, 3.05) is 18.8 Å². The van der Waals surface area contributed by atoms with Crippen LogP contribution in [0.2, 0.25) is 0 Å². The van der Waals surface area contributed by atoms with Crippen molar-refractivity contribution in [1.82, 2.24) is 19.7 Å². The lowest BCUT2D eigenvalue weighted by Gasteiger charge is -2.35. The van der Waals surface area contributed by atoms with Crippen molar-refractivity contribution < 1.29 is 18.3 Å². The number of carbonyl (C=O) groups is 1. The van der Waals surface area contributed by atoms with E-state index in [0.29, 0.717) is 35.3 Å². The molecule has 0 radical (unpaired) electrons. The van der Waals surface area contributed by atoms with E-state index in [9.17, 15) is 13.6 Å². The third-order valence-electron chi connectivity index (χ3n) is 4.92. The SMILES string of the molecule is C[C@H]1CN(C(=O)CSc2nnc(-c3ccc(F)cc3)n2-c2ccc(F)cc2)C[C@H](C)O1. The van der Waals surface area contributed by atoms with Crippen molar-refractivity contribution in [1.29, 1.82) is 0 Å². The third-order valence-corrected chi connectivity index (χ3v) is 5.83. The zero-order chi connectivity index (χ0) is 22.0. The summed E-state index contributed by atoms with van der Waals surface area (Å²) in [4.78, 5) is 14.6. The van der Waals surface area contributed by atoms with Crippen molar-refractivity contribution in [3.63, 3.8) is 0 Å². The Labute approximate surface area is 183 Å². The Bertz CT molecular complexity index is 1050. The predicted molar refractivity (Wildman–Crippen MR) is 114 cm³/mol. The number of hydrogen-bond donors (Lipinski definition) is 0. The van der Waals surface area contributed by atoms with Crippen LogP contribution in [0.15, 0.2) is 53.7 Å². The summed E-state index contributed by atoms with van der Waals surface area (Å²) in [5, 5.41) is 9.01. The van der Waals surface area contributed by atoms with Gasteiger partial charge >= 0.3 is 0 Å². The molecule has 0 N–H and O–H groups in total. The highest BCUT2D eigenvalue weighted by atomic mass is 32.2. The Morgan fingerprint density at radius 2 is 1.58 bits per heavy atom. The van der Waals surface area contributed by atoms with Crippen LogP contribution in [0.1, 0.15) is 13.8 Å². The molecule has 1 amide bonds. The summed E-state index contributed by atoms with van der Waals surface area (Å²) in [5.74, 6) is -0.0626. The largest absolute Gasteiger partial charge is 0.372 e. The Morgan fingerprint density at radius 3 is 2.19 bits per heavy atom. The molecule has 2 heterocycles. The molecular weight excluding hydrogens is 422 g/mol. The van der Waals surface area contributed by atoms with Crippen molar-refractivity contribution in [3.8, 4) is 17.1 Å². The topological polar surface area (TPSA) is 60.2 Å². The minimum atomic E-state index is -0.361. The van der Waals surface area contributed by atoms with Gasteiger partial charge in [0.05, 0.1) is 18.0 Å².